The normalized spacial score (nSPS) is 11.9. The number of hydrogen-bond acceptors (Lipinski definition) is 4. The molecular weight excluding hydrogens is 409 g/mol. The Labute approximate surface area is 168 Å². The van der Waals surface area contributed by atoms with Crippen molar-refractivity contribution in [3.63, 3.8) is 0 Å². The van der Waals surface area contributed by atoms with Crippen LogP contribution in [-0.4, -0.2) is 27.6 Å². The molecule has 0 fully saturated rings. The number of esters is 1. The summed E-state index contributed by atoms with van der Waals surface area (Å²) in [5.74, 6) is -4.35. The van der Waals surface area contributed by atoms with Gasteiger partial charge in [-0.05, 0) is 56.3 Å². The fourth-order valence-electron chi connectivity index (χ4n) is 2.64. The molecule has 0 spiro atoms. The molecule has 150 valence electrons. The third-order valence-electron chi connectivity index (χ3n) is 4.14. The molecule has 1 unspecified atom stereocenters. The molecule has 0 radical (unpaired) electrons. The molecule has 3 aromatic rings. The lowest BCUT2D eigenvalue weighted by Gasteiger charge is -2.12. The van der Waals surface area contributed by atoms with Crippen molar-refractivity contribution >= 4 is 23.4 Å². The molecule has 9 heteroatoms. The SMILES string of the molecule is Cc1nn(-c2ccc(F)cc2)c(Cl)c1C(=O)OC(C)C(=O)c1ccc(F)c(F)c1. The number of ether oxygens (including phenoxy) is 1. The minimum atomic E-state index is -1.28. The zero-order valence-corrected chi connectivity index (χ0v) is 16.0. The van der Waals surface area contributed by atoms with Crippen molar-refractivity contribution in [2.24, 2.45) is 0 Å². The van der Waals surface area contributed by atoms with Crippen LogP contribution in [0.2, 0.25) is 5.15 Å². The number of benzene rings is 2. The average molecular weight is 423 g/mol. The molecule has 0 aliphatic rings. The highest BCUT2D eigenvalue weighted by molar-refractivity contribution is 6.33. The molecule has 29 heavy (non-hydrogen) atoms. The van der Waals surface area contributed by atoms with E-state index in [0.29, 0.717) is 5.69 Å². The van der Waals surface area contributed by atoms with Gasteiger partial charge in [0.1, 0.15) is 16.5 Å². The average Bonchev–Trinajstić information content (AvgIpc) is 2.98. The molecule has 1 heterocycles. The molecule has 0 aliphatic carbocycles. The number of aromatic nitrogens is 2. The smallest absolute Gasteiger partial charge is 0.343 e. The number of rotatable bonds is 5. The molecule has 2 aromatic carbocycles. The number of carbonyl (C=O) groups excluding carboxylic acids is 2. The topological polar surface area (TPSA) is 61.2 Å². The van der Waals surface area contributed by atoms with Crippen LogP contribution < -0.4 is 0 Å². The second-order valence-electron chi connectivity index (χ2n) is 6.18. The molecule has 3 rings (SSSR count). The van der Waals surface area contributed by atoms with Crippen LogP contribution in [0.5, 0.6) is 0 Å². The summed E-state index contributed by atoms with van der Waals surface area (Å²) < 4.78 is 45.9. The van der Waals surface area contributed by atoms with Gasteiger partial charge in [0.15, 0.2) is 17.7 Å². The zero-order chi connectivity index (χ0) is 21.3. The van der Waals surface area contributed by atoms with Crippen LogP contribution in [0.15, 0.2) is 42.5 Å². The fraction of sp³-hybridized carbons (Fsp3) is 0.150. The molecule has 0 bridgehead atoms. The van der Waals surface area contributed by atoms with Gasteiger partial charge in [-0.25, -0.2) is 22.6 Å². The van der Waals surface area contributed by atoms with Crippen molar-refractivity contribution < 1.29 is 27.5 Å². The van der Waals surface area contributed by atoms with Crippen LogP contribution in [-0.2, 0) is 4.74 Å². The molecule has 0 saturated heterocycles. The highest BCUT2D eigenvalue weighted by atomic mass is 35.5. The van der Waals surface area contributed by atoms with E-state index in [0.717, 1.165) is 18.2 Å². The lowest BCUT2D eigenvalue weighted by molar-refractivity contribution is 0.0318. The van der Waals surface area contributed by atoms with E-state index in [2.05, 4.69) is 5.10 Å². The Hall–Kier alpha value is -3.13. The van der Waals surface area contributed by atoms with E-state index >= 15 is 0 Å². The molecule has 0 N–H and O–H groups in total. The Morgan fingerprint density at radius 3 is 2.34 bits per heavy atom. The van der Waals surface area contributed by atoms with Gasteiger partial charge in [0, 0.05) is 5.56 Å². The second-order valence-corrected chi connectivity index (χ2v) is 6.54. The number of nitrogens with zero attached hydrogens (tertiary/aromatic N) is 2. The van der Waals surface area contributed by atoms with Gasteiger partial charge in [0.25, 0.3) is 0 Å². The first kappa shape index (κ1) is 20.6. The maximum Gasteiger partial charge on any atom is 0.343 e. The quantitative estimate of drug-likeness (QED) is 0.442. The van der Waals surface area contributed by atoms with Crippen molar-refractivity contribution in [3.8, 4) is 5.69 Å². The van der Waals surface area contributed by atoms with E-state index in [1.807, 2.05) is 0 Å². The lowest BCUT2D eigenvalue weighted by atomic mass is 10.1. The minimum absolute atomic E-state index is 0.0686. The summed E-state index contributed by atoms with van der Waals surface area (Å²) in [6.07, 6.45) is -1.28. The number of Topliss-reactive ketones (excluding diaryl/α,β-unsaturated/α-hetero) is 1. The monoisotopic (exact) mass is 422 g/mol. The molecule has 1 atom stereocenters. The minimum Gasteiger partial charge on any atom is -0.451 e. The third-order valence-corrected chi connectivity index (χ3v) is 4.49. The highest BCUT2D eigenvalue weighted by Gasteiger charge is 2.27. The first-order valence-corrected chi connectivity index (χ1v) is 8.78. The number of ketones is 1. The summed E-state index contributed by atoms with van der Waals surface area (Å²) in [5, 5.41) is 4.07. The Balaban J connectivity index is 1.82. The maximum absolute atomic E-state index is 13.3. The van der Waals surface area contributed by atoms with Crippen molar-refractivity contribution in [1.29, 1.82) is 0 Å². The molecular formula is C20H14ClF3N2O3. The maximum atomic E-state index is 13.3. The van der Waals surface area contributed by atoms with Crippen molar-refractivity contribution in [2.75, 3.05) is 0 Å². The second kappa shape index (κ2) is 8.08. The highest BCUT2D eigenvalue weighted by Crippen LogP contribution is 2.25. The van der Waals surface area contributed by atoms with E-state index in [1.54, 1.807) is 0 Å². The van der Waals surface area contributed by atoms with Crippen molar-refractivity contribution in [2.45, 2.75) is 20.0 Å². The third kappa shape index (κ3) is 4.17. The van der Waals surface area contributed by atoms with Crippen molar-refractivity contribution in [1.82, 2.24) is 9.78 Å². The van der Waals surface area contributed by atoms with Gasteiger partial charge >= 0.3 is 5.97 Å². The standard InChI is InChI=1S/C20H14ClF3N2O3/c1-10-17(19(21)26(25-10)14-6-4-13(22)5-7-14)20(28)29-11(2)18(27)12-3-8-15(23)16(24)9-12/h3-9,11H,1-2H3. The van der Waals surface area contributed by atoms with Crippen LogP contribution in [0.1, 0.15) is 33.3 Å². The van der Waals surface area contributed by atoms with Gasteiger partial charge in [-0.3, -0.25) is 4.79 Å². The predicted octanol–water partition coefficient (Wildman–Crippen LogP) is 4.68. The van der Waals surface area contributed by atoms with Gasteiger partial charge in [0.2, 0.25) is 5.78 Å². The first-order chi connectivity index (χ1) is 13.7. The summed E-state index contributed by atoms with van der Waals surface area (Å²) in [6, 6.07) is 7.91. The van der Waals surface area contributed by atoms with Crippen LogP contribution in [0.25, 0.3) is 5.69 Å². The molecule has 5 nitrogen and oxygen atoms in total. The molecule has 0 saturated carbocycles. The number of halogens is 4. The van der Waals surface area contributed by atoms with Crippen LogP contribution in [0.3, 0.4) is 0 Å². The largest absolute Gasteiger partial charge is 0.451 e. The van der Waals surface area contributed by atoms with Gasteiger partial charge in [-0.15, -0.1) is 0 Å². The van der Waals surface area contributed by atoms with Crippen LogP contribution >= 0.6 is 11.6 Å². The summed E-state index contributed by atoms with van der Waals surface area (Å²) in [7, 11) is 0. The number of aryl methyl sites for hydroxylation is 1. The van der Waals surface area contributed by atoms with Gasteiger partial charge in [0.05, 0.1) is 11.4 Å². The van der Waals surface area contributed by atoms with E-state index in [-0.39, 0.29) is 22.0 Å². The Bertz CT molecular complexity index is 1100. The summed E-state index contributed by atoms with van der Waals surface area (Å²) >= 11 is 6.25. The lowest BCUT2D eigenvalue weighted by Crippen LogP contribution is -2.25. The van der Waals surface area contributed by atoms with Gasteiger partial charge < -0.3 is 4.74 Å². The number of hydrogen-bond donors (Lipinski definition) is 0. The predicted molar refractivity (Wildman–Crippen MR) is 98.8 cm³/mol. The van der Waals surface area contributed by atoms with E-state index < -0.39 is 35.3 Å². The Morgan fingerprint density at radius 1 is 1.07 bits per heavy atom. The number of carbonyl (C=O) groups is 2. The van der Waals surface area contributed by atoms with E-state index in [1.165, 1.54) is 42.8 Å². The summed E-state index contributed by atoms with van der Waals surface area (Å²) in [4.78, 5) is 24.9. The van der Waals surface area contributed by atoms with Gasteiger partial charge in [-0.1, -0.05) is 11.6 Å². The van der Waals surface area contributed by atoms with Crippen LogP contribution in [0, 0.1) is 24.4 Å². The van der Waals surface area contributed by atoms with E-state index in [9.17, 15) is 22.8 Å². The summed E-state index contributed by atoms with van der Waals surface area (Å²) in [6.45, 7) is 2.82. The first-order valence-electron chi connectivity index (χ1n) is 8.40. The van der Waals surface area contributed by atoms with Crippen LogP contribution in [0.4, 0.5) is 13.2 Å². The zero-order valence-electron chi connectivity index (χ0n) is 15.2. The fourth-order valence-corrected chi connectivity index (χ4v) is 2.99. The van der Waals surface area contributed by atoms with E-state index in [4.69, 9.17) is 16.3 Å². The molecule has 1 aromatic heterocycles. The molecule has 0 aliphatic heterocycles. The molecule has 0 amide bonds. The summed E-state index contributed by atoms with van der Waals surface area (Å²) in [5.41, 5.74) is 0.441. The van der Waals surface area contributed by atoms with Gasteiger partial charge in [-0.2, -0.15) is 5.10 Å². The Kier molecular flexibility index (Phi) is 5.74. The van der Waals surface area contributed by atoms with Crippen molar-refractivity contribution in [3.05, 3.63) is 81.9 Å². The Morgan fingerprint density at radius 2 is 1.72 bits per heavy atom.